The molecule has 2 unspecified atom stereocenters. The fraction of sp³-hybridized carbons (Fsp3) is 0.174. The molecule has 0 saturated carbocycles. The summed E-state index contributed by atoms with van der Waals surface area (Å²) in [4.78, 5) is 13.2. The predicted octanol–water partition coefficient (Wildman–Crippen LogP) is 3.89. The number of amides is 1. The third kappa shape index (κ3) is 5.31. The van der Waals surface area contributed by atoms with Gasteiger partial charge in [-0.3, -0.25) is 4.79 Å². The number of carbonyl (C=O) groups excluding carboxylic acids is 1. The van der Waals surface area contributed by atoms with Crippen LogP contribution in [0.4, 0.5) is 0 Å². The number of sulfonamides is 1. The topological polar surface area (TPSA) is 75.3 Å². The Kier molecular flexibility index (Phi) is 6.46. The van der Waals surface area contributed by atoms with E-state index in [2.05, 4.69) is 10.0 Å². The van der Waals surface area contributed by atoms with Crippen LogP contribution in [0.5, 0.6) is 0 Å². The third-order valence-corrected chi connectivity index (χ3v) is 6.10. The lowest BCUT2D eigenvalue weighted by molar-refractivity contribution is -0.123. The molecule has 3 aromatic carbocycles. The van der Waals surface area contributed by atoms with Crippen molar-refractivity contribution >= 4 is 15.9 Å². The summed E-state index contributed by atoms with van der Waals surface area (Å²) in [5, 5.41) is 2.91. The molecule has 0 fully saturated rings. The largest absolute Gasteiger partial charge is 0.348 e. The molecule has 3 rings (SSSR count). The van der Waals surface area contributed by atoms with Crippen LogP contribution in [-0.2, 0) is 14.8 Å². The fourth-order valence-electron chi connectivity index (χ4n) is 2.98. The molecule has 2 N–H and O–H groups in total. The Bertz CT molecular complexity index is 1050. The first kappa shape index (κ1) is 20.8. The number of carbonyl (C=O) groups is 1. The molecule has 0 heterocycles. The van der Waals surface area contributed by atoms with Crippen molar-refractivity contribution in [3.05, 3.63) is 102 Å². The SMILES string of the molecule is Cc1ccc(S(=O)(=O)NC(C(=O)NC(C)c2ccccc2)c2ccccc2)cc1. The first-order chi connectivity index (χ1) is 13.9. The summed E-state index contributed by atoms with van der Waals surface area (Å²) in [5.74, 6) is -0.414. The zero-order valence-corrected chi connectivity index (χ0v) is 17.2. The average Bonchev–Trinajstić information content (AvgIpc) is 2.73. The number of aryl methyl sites for hydroxylation is 1. The van der Waals surface area contributed by atoms with Crippen LogP contribution in [-0.4, -0.2) is 14.3 Å². The molecule has 29 heavy (non-hydrogen) atoms. The van der Waals surface area contributed by atoms with Crippen molar-refractivity contribution in [1.82, 2.24) is 10.0 Å². The minimum Gasteiger partial charge on any atom is -0.348 e. The highest BCUT2D eigenvalue weighted by Crippen LogP contribution is 2.20. The van der Waals surface area contributed by atoms with Gasteiger partial charge in [-0.25, -0.2) is 8.42 Å². The van der Waals surface area contributed by atoms with E-state index in [-0.39, 0.29) is 10.9 Å². The number of rotatable bonds is 7. The molecule has 0 saturated heterocycles. The van der Waals surface area contributed by atoms with E-state index in [0.717, 1.165) is 11.1 Å². The normalized spacial score (nSPS) is 13.4. The molecule has 3 aromatic rings. The Morgan fingerprint density at radius 3 is 1.86 bits per heavy atom. The van der Waals surface area contributed by atoms with Crippen molar-refractivity contribution in [3.63, 3.8) is 0 Å². The Labute approximate surface area is 171 Å². The Hall–Kier alpha value is -2.96. The first-order valence-electron chi connectivity index (χ1n) is 9.36. The maximum atomic E-state index is 13.1. The van der Waals surface area contributed by atoms with Crippen LogP contribution in [0.25, 0.3) is 0 Å². The van der Waals surface area contributed by atoms with Gasteiger partial charge in [0.25, 0.3) is 0 Å². The van der Waals surface area contributed by atoms with Crippen molar-refractivity contribution in [3.8, 4) is 0 Å². The molecule has 2 atom stereocenters. The fourth-order valence-corrected chi connectivity index (χ4v) is 4.16. The van der Waals surface area contributed by atoms with Gasteiger partial charge < -0.3 is 5.32 Å². The van der Waals surface area contributed by atoms with Crippen LogP contribution in [0, 0.1) is 6.92 Å². The van der Waals surface area contributed by atoms with E-state index in [1.165, 1.54) is 12.1 Å². The molecule has 1 amide bonds. The second kappa shape index (κ2) is 9.03. The summed E-state index contributed by atoms with van der Waals surface area (Å²) in [6.45, 7) is 3.75. The van der Waals surface area contributed by atoms with Crippen LogP contribution >= 0.6 is 0 Å². The van der Waals surface area contributed by atoms with Crippen molar-refractivity contribution in [2.24, 2.45) is 0 Å². The standard InChI is InChI=1S/C23H24N2O3S/c1-17-13-15-21(16-14-17)29(27,28)25-22(20-11-7-4-8-12-20)23(26)24-18(2)19-9-5-3-6-10-19/h3-16,18,22,25H,1-2H3,(H,24,26). The van der Waals surface area contributed by atoms with Gasteiger partial charge in [-0.05, 0) is 37.1 Å². The lowest BCUT2D eigenvalue weighted by Gasteiger charge is -2.22. The maximum absolute atomic E-state index is 13.1. The average molecular weight is 409 g/mol. The lowest BCUT2D eigenvalue weighted by Crippen LogP contribution is -2.41. The molecule has 150 valence electrons. The molecule has 5 nitrogen and oxygen atoms in total. The van der Waals surface area contributed by atoms with Gasteiger partial charge in [0.2, 0.25) is 15.9 Å². The summed E-state index contributed by atoms with van der Waals surface area (Å²) >= 11 is 0. The van der Waals surface area contributed by atoms with Crippen molar-refractivity contribution < 1.29 is 13.2 Å². The summed E-state index contributed by atoms with van der Waals surface area (Å²) < 4.78 is 28.4. The highest BCUT2D eigenvalue weighted by molar-refractivity contribution is 7.89. The lowest BCUT2D eigenvalue weighted by atomic mass is 10.1. The Morgan fingerprint density at radius 1 is 0.793 bits per heavy atom. The van der Waals surface area contributed by atoms with Gasteiger partial charge in [0.05, 0.1) is 10.9 Å². The monoisotopic (exact) mass is 408 g/mol. The second-order valence-corrected chi connectivity index (χ2v) is 8.63. The summed E-state index contributed by atoms with van der Waals surface area (Å²) in [6, 6.07) is 23.6. The minimum atomic E-state index is -3.88. The van der Waals surface area contributed by atoms with E-state index >= 15 is 0 Å². The van der Waals surface area contributed by atoms with Gasteiger partial charge in [0, 0.05) is 0 Å². The third-order valence-electron chi connectivity index (χ3n) is 4.66. The molecule has 0 aliphatic rings. The Morgan fingerprint density at radius 2 is 1.31 bits per heavy atom. The smallest absolute Gasteiger partial charge is 0.243 e. The van der Waals surface area contributed by atoms with Gasteiger partial charge >= 0.3 is 0 Å². The van der Waals surface area contributed by atoms with Crippen LogP contribution in [0.1, 0.15) is 35.7 Å². The summed E-state index contributed by atoms with van der Waals surface area (Å²) in [6.07, 6.45) is 0. The van der Waals surface area contributed by atoms with E-state index in [1.807, 2.05) is 50.2 Å². The van der Waals surface area contributed by atoms with E-state index in [0.29, 0.717) is 5.56 Å². The van der Waals surface area contributed by atoms with Gasteiger partial charge in [-0.15, -0.1) is 0 Å². The highest BCUT2D eigenvalue weighted by atomic mass is 32.2. The molecule has 0 aromatic heterocycles. The molecular weight excluding hydrogens is 384 g/mol. The van der Waals surface area contributed by atoms with E-state index in [1.54, 1.807) is 36.4 Å². The summed E-state index contributed by atoms with van der Waals surface area (Å²) in [7, 11) is -3.88. The molecule has 0 bridgehead atoms. The zero-order valence-electron chi connectivity index (χ0n) is 16.4. The van der Waals surface area contributed by atoms with Crippen LogP contribution in [0.2, 0.25) is 0 Å². The number of benzene rings is 3. The van der Waals surface area contributed by atoms with Gasteiger partial charge in [0.15, 0.2) is 0 Å². The van der Waals surface area contributed by atoms with Gasteiger partial charge in [0.1, 0.15) is 6.04 Å². The highest BCUT2D eigenvalue weighted by Gasteiger charge is 2.28. The molecule has 0 spiro atoms. The van der Waals surface area contributed by atoms with E-state index < -0.39 is 22.0 Å². The predicted molar refractivity (Wildman–Crippen MR) is 114 cm³/mol. The molecule has 0 aliphatic heterocycles. The first-order valence-corrected chi connectivity index (χ1v) is 10.8. The summed E-state index contributed by atoms with van der Waals surface area (Å²) in [5.41, 5.74) is 2.47. The van der Waals surface area contributed by atoms with E-state index in [9.17, 15) is 13.2 Å². The molecule has 6 heteroatoms. The maximum Gasteiger partial charge on any atom is 0.243 e. The van der Waals surface area contributed by atoms with Crippen LogP contribution in [0.3, 0.4) is 0 Å². The second-order valence-electron chi connectivity index (χ2n) is 6.92. The quantitative estimate of drug-likeness (QED) is 0.623. The van der Waals surface area contributed by atoms with Crippen molar-refractivity contribution in [2.45, 2.75) is 30.8 Å². The van der Waals surface area contributed by atoms with E-state index in [4.69, 9.17) is 0 Å². The number of hydrogen-bond acceptors (Lipinski definition) is 3. The number of hydrogen-bond donors (Lipinski definition) is 2. The van der Waals surface area contributed by atoms with Gasteiger partial charge in [-0.1, -0.05) is 78.4 Å². The molecule has 0 aliphatic carbocycles. The van der Waals surface area contributed by atoms with Gasteiger partial charge in [-0.2, -0.15) is 4.72 Å². The van der Waals surface area contributed by atoms with Crippen LogP contribution < -0.4 is 10.0 Å². The molecule has 0 radical (unpaired) electrons. The van der Waals surface area contributed by atoms with Crippen molar-refractivity contribution in [1.29, 1.82) is 0 Å². The number of nitrogens with one attached hydrogen (secondary N) is 2. The zero-order chi connectivity index (χ0) is 20.9. The van der Waals surface area contributed by atoms with Crippen LogP contribution in [0.15, 0.2) is 89.8 Å². The van der Waals surface area contributed by atoms with Crippen molar-refractivity contribution in [2.75, 3.05) is 0 Å². The Balaban J connectivity index is 1.87. The minimum absolute atomic E-state index is 0.118. The molecular formula is C23H24N2O3S.